The second-order valence-electron chi connectivity index (χ2n) is 4.68. The summed E-state index contributed by atoms with van der Waals surface area (Å²) in [6, 6.07) is 1.07. The second-order valence-corrected chi connectivity index (χ2v) is 4.68. The van der Waals surface area contributed by atoms with Crippen molar-refractivity contribution in [2.24, 2.45) is 0 Å². The molecule has 0 aromatic rings. The highest BCUT2D eigenvalue weighted by Crippen LogP contribution is 2.17. The van der Waals surface area contributed by atoms with Gasteiger partial charge in [-0.2, -0.15) is 0 Å². The molecule has 2 rings (SSSR count). The van der Waals surface area contributed by atoms with Crippen LogP contribution in [0.1, 0.15) is 38.5 Å². The summed E-state index contributed by atoms with van der Waals surface area (Å²) in [5.74, 6) is 0. The van der Waals surface area contributed by atoms with Crippen molar-refractivity contribution in [3.05, 3.63) is 0 Å². The third kappa shape index (κ3) is 2.92. The van der Waals surface area contributed by atoms with Gasteiger partial charge in [0.1, 0.15) is 6.17 Å². The molecule has 1 saturated carbocycles. The van der Waals surface area contributed by atoms with E-state index in [0.29, 0.717) is 25.0 Å². The first kappa shape index (κ1) is 10.4. The summed E-state index contributed by atoms with van der Waals surface area (Å²) in [4.78, 5) is 0. The van der Waals surface area contributed by atoms with Crippen molar-refractivity contribution in [3.63, 3.8) is 0 Å². The Hall–Kier alpha value is -0.150. The molecule has 0 aromatic carbocycles. The van der Waals surface area contributed by atoms with Crippen LogP contribution in [0.3, 0.4) is 0 Å². The third-order valence-corrected chi connectivity index (χ3v) is 3.43. The Balaban J connectivity index is 1.61. The smallest absolute Gasteiger partial charge is 0.114 e. The van der Waals surface area contributed by atoms with E-state index in [-0.39, 0.29) is 0 Å². The maximum Gasteiger partial charge on any atom is 0.114 e. The van der Waals surface area contributed by atoms with Crippen LogP contribution in [0.25, 0.3) is 0 Å². The lowest BCUT2D eigenvalue weighted by Crippen LogP contribution is -2.40. The van der Waals surface area contributed by atoms with Crippen LogP contribution in [-0.4, -0.2) is 31.3 Å². The Kier molecular flexibility index (Phi) is 3.76. The van der Waals surface area contributed by atoms with Crippen LogP contribution in [-0.2, 0) is 0 Å². The molecule has 2 atom stereocenters. The molecular weight excluding hydrogens is 179 g/mol. The highest BCUT2D eigenvalue weighted by molar-refractivity contribution is 4.84. The number of alkyl halides is 1. The molecular formula is C11H21FN2. The Morgan fingerprint density at radius 1 is 1.21 bits per heavy atom. The Bertz CT molecular complexity index is 164. The number of hydrogen-bond acceptors (Lipinski definition) is 2. The largest absolute Gasteiger partial charge is 0.312 e. The van der Waals surface area contributed by atoms with Crippen LogP contribution in [0.2, 0.25) is 0 Å². The first-order valence-corrected chi connectivity index (χ1v) is 5.95. The quantitative estimate of drug-likeness (QED) is 0.723. The molecule has 2 fully saturated rings. The first-order chi connectivity index (χ1) is 6.84. The topological polar surface area (TPSA) is 24.1 Å². The summed E-state index contributed by atoms with van der Waals surface area (Å²) in [7, 11) is 0. The molecule has 3 heteroatoms. The van der Waals surface area contributed by atoms with Crippen LogP contribution in [0, 0.1) is 0 Å². The van der Waals surface area contributed by atoms with Gasteiger partial charge in [-0.3, -0.25) is 0 Å². The number of nitrogens with one attached hydrogen (secondary N) is 2. The van der Waals surface area contributed by atoms with Gasteiger partial charge in [0.15, 0.2) is 0 Å². The van der Waals surface area contributed by atoms with Crippen molar-refractivity contribution < 1.29 is 4.39 Å². The maximum absolute atomic E-state index is 12.8. The van der Waals surface area contributed by atoms with Crippen LogP contribution in [0.4, 0.5) is 4.39 Å². The van der Waals surface area contributed by atoms with Gasteiger partial charge in [0.2, 0.25) is 0 Å². The van der Waals surface area contributed by atoms with Crippen molar-refractivity contribution in [3.8, 4) is 0 Å². The third-order valence-electron chi connectivity index (χ3n) is 3.43. The van der Waals surface area contributed by atoms with Crippen molar-refractivity contribution >= 4 is 0 Å². The van der Waals surface area contributed by atoms with Crippen molar-refractivity contribution in [1.82, 2.24) is 10.6 Å². The zero-order chi connectivity index (χ0) is 9.80. The minimum Gasteiger partial charge on any atom is -0.312 e. The van der Waals surface area contributed by atoms with E-state index < -0.39 is 6.17 Å². The summed E-state index contributed by atoms with van der Waals surface area (Å²) in [5.41, 5.74) is 0. The van der Waals surface area contributed by atoms with Gasteiger partial charge in [0.05, 0.1) is 0 Å². The highest BCUT2D eigenvalue weighted by atomic mass is 19.1. The molecule has 0 aromatic heterocycles. The minimum atomic E-state index is -0.617. The van der Waals surface area contributed by atoms with E-state index in [2.05, 4.69) is 10.6 Å². The molecule has 0 unspecified atom stereocenters. The Morgan fingerprint density at radius 3 is 2.64 bits per heavy atom. The van der Waals surface area contributed by atoms with E-state index in [9.17, 15) is 4.39 Å². The minimum absolute atomic E-state index is 0.368. The van der Waals surface area contributed by atoms with Gasteiger partial charge in [0.25, 0.3) is 0 Å². The predicted octanol–water partition coefficient (Wildman–Crippen LogP) is 1.61. The van der Waals surface area contributed by atoms with Crippen molar-refractivity contribution in [1.29, 1.82) is 0 Å². The van der Waals surface area contributed by atoms with Gasteiger partial charge >= 0.3 is 0 Å². The molecule has 1 heterocycles. The molecule has 2 nitrogen and oxygen atoms in total. The standard InChI is InChI=1S/C11H21FN2/c12-9-6-11(13-7-9)8-14-10-4-2-1-3-5-10/h9-11,13-14H,1-8H2/t9-,11-/m0/s1. The average molecular weight is 200 g/mol. The van der Waals surface area contributed by atoms with E-state index >= 15 is 0 Å². The summed E-state index contributed by atoms with van der Waals surface area (Å²) in [6.07, 6.45) is 6.82. The molecule has 1 aliphatic heterocycles. The SMILES string of the molecule is F[C@@H]1CN[C@H](CNC2CCCCC2)C1. The molecule has 2 aliphatic rings. The van der Waals surface area contributed by atoms with Crippen molar-refractivity contribution in [2.45, 2.75) is 56.8 Å². The molecule has 0 amide bonds. The first-order valence-electron chi connectivity index (χ1n) is 5.95. The highest BCUT2D eigenvalue weighted by Gasteiger charge is 2.24. The summed E-state index contributed by atoms with van der Waals surface area (Å²) in [6.45, 7) is 1.50. The van der Waals surface area contributed by atoms with E-state index in [0.717, 1.165) is 6.54 Å². The molecule has 82 valence electrons. The van der Waals surface area contributed by atoms with Crippen LogP contribution < -0.4 is 10.6 Å². The molecule has 0 bridgehead atoms. The molecule has 0 spiro atoms. The lowest BCUT2D eigenvalue weighted by atomic mass is 9.95. The molecule has 1 saturated heterocycles. The summed E-state index contributed by atoms with van der Waals surface area (Å²) >= 11 is 0. The Morgan fingerprint density at radius 2 is 2.00 bits per heavy atom. The van der Waals surface area contributed by atoms with E-state index in [1.165, 1.54) is 32.1 Å². The van der Waals surface area contributed by atoms with Gasteiger partial charge in [-0.25, -0.2) is 4.39 Å². The monoisotopic (exact) mass is 200 g/mol. The van der Waals surface area contributed by atoms with Gasteiger partial charge in [-0.05, 0) is 19.3 Å². The number of hydrogen-bond donors (Lipinski definition) is 2. The fourth-order valence-electron chi connectivity index (χ4n) is 2.54. The lowest BCUT2D eigenvalue weighted by Gasteiger charge is -2.24. The fraction of sp³-hybridized carbons (Fsp3) is 1.00. The molecule has 2 N–H and O–H groups in total. The maximum atomic E-state index is 12.8. The number of halogens is 1. The zero-order valence-electron chi connectivity index (χ0n) is 8.77. The number of rotatable bonds is 3. The van der Waals surface area contributed by atoms with Gasteiger partial charge in [-0.1, -0.05) is 19.3 Å². The van der Waals surface area contributed by atoms with Crippen LogP contribution >= 0.6 is 0 Å². The van der Waals surface area contributed by atoms with Gasteiger partial charge in [-0.15, -0.1) is 0 Å². The summed E-state index contributed by atoms with van der Waals surface area (Å²) in [5, 5.41) is 6.76. The molecule has 0 radical (unpaired) electrons. The predicted molar refractivity (Wildman–Crippen MR) is 56.2 cm³/mol. The molecule has 1 aliphatic carbocycles. The van der Waals surface area contributed by atoms with Crippen LogP contribution in [0.5, 0.6) is 0 Å². The van der Waals surface area contributed by atoms with Crippen molar-refractivity contribution in [2.75, 3.05) is 13.1 Å². The normalized spacial score (nSPS) is 34.9. The van der Waals surface area contributed by atoms with E-state index in [4.69, 9.17) is 0 Å². The van der Waals surface area contributed by atoms with E-state index in [1.807, 2.05) is 0 Å². The second kappa shape index (κ2) is 5.08. The van der Waals surface area contributed by atoms with Crippen LogP contribution in [0.15, 0.2) is 0 Å². The average Bonchev–Trinajstić information content (AvgIpc) is 2.63. The van der Waals surface area contributed by atoms with E-state index in [1.54, 1.807) is 0 Å². The lowest BCUT2D eigenvalue weighted by molar-refractivity contribution is 0.339. The fourth-order valence-corrected chi connectivity index (χ4v) is 2.54. The Labute approximate surface area is 85.6 Å². The zero-order valence-corrected chi connectivity index (χ0v) is 8.77. The molecule has 14 heavy (non-hydrogen) atoms. The summed E-state index contributed by atoms with van der Waals surface area (Å²) < 4.78 is 12.8. The van der Waals surface area contributed by atoms with Gasteiger partial charge < -0.3 is 10.6 Å². The van der Waals surface area contributed by atoms with Gasteiger partial charge in [0, 0.05) is 25.2 Å².